The van der Waals surface area contributed by atoms with Crippen LogP contribution >= 0.6 is 0 Å². The Morgan fingerprint density at radius 1 is 0.931 bits per heavy atom. The molecule has 5 nitrogen and oxygen atoms in total. The summed E-state index contributed by atoms with van der Waals surface area (Å²) in [6.07, 6.45) is 1.66. The van der Waals surface area contributed by atoms with Crippen molar-refractivity contribution in [2.45, 2.75) is 6.54 Å². The van der Waals surface area contributed by atoms with Crippen LogP contribution in [0.5, 0.6) is 0 Å². The van der Waals surface area contributed by atoms with E-state index >= 15 is 0 Å². The van der Waals surface area contributed by atoms with Gasteiger partial charge in [-0.25, -0.2) is 9.37 Å². The molecule has 4 rings (SSSR count). The van der Waals surface area contributed by atoms with E-state index in [0.29, 0.717) is 25.3 Å². The Labute approximate surface area is 169 Å². The van der Waals surface area contributed by atoms with E-state index in [1.807, 2.05) is 29.2 Å². The molecule has 1 N–H and O–H groups in total. The van der Waals surface area contributed by atoms with Crippen LogP contribution in [0, 0.1) is 5.82 Å². The maximum Gasteiger partial charge on any atom is 0.272 e. The van der Waals surface area contributed by atoms with Crippen molar-refractivity contribution < 1.29 is 9.18 Å². The largest absolute Gasteiger partial charge is 0.380 e. The van der Waals surface area contributed by atoms with Gasteiger partial charge in [0.05, 0.1) is 11.9 Å². The van der Waals surface area contributed by atoms with Crippen molar-refractivity contribution in [3.63, 3.8) is 0 Å². The molecule has 148 valence electrons. The number of hydrogen-bond donors (Lipinski definition) is 1. The van der Waals surface area contributed by atoms with Crippen molar-refractivity contribution in [2.24, 2.45) is 0 Å². The Morgan fingerprint density at radius 2 is 1.66 bits per heavy atom. The second-order valence-corrected chi connectivity index (χ2v) is 7.03. The van der Waals surface area contributed by atoms with Crippen LogP contribution in [0.4, 0.5) is 15.8 Å². The minimum absolute atomic E-state index is 0.0391. The first-order valence-corrected chi connectivity index (χ1v) is 9.73. The molecule has 1 amide bonds. The summed E-state index contributed by atoms with van der Waals surface area (Å²) >= 11 is 0. The minimum atomic E-state index is -0.247. The maximum atomic E-state index is 13.0. The molecule has 0 aliphatic carbocycles. The van der Waals surface area contributed by atoms with Crippen LogP contribution in [0.25, 0.3) is 0 Å². The fourth-order valence-electron chi connectivity index (χ4n) is 3.40. The Kier molecular flexibility index (Phi) is 5.70. The number of carbonyl (C=O) groups is 1. The molecule has 0 radical (unpaired) electrons. The summed E-state index contributed by atoms with van der Waals surface area (Å²) in [5.74, 6) is -0.286. The molecule has 1 fully saturated rings. The molecule has 6 heteroatoms. The van der Waals surface area contributed by atoms with E-state index in [9.17, 15) is 9.18 Å². The summed E-state index contributed by atoms with van der Waals surface area (Å²) in [5.41, 5.74) is 3.43. The fourth-order valence-corrected chi connectivity index (χ4v) is 3.40. The lowest BCUT2D eigenvalue weighted by Gasteiger charge is -2.36. The van der Waals surface area contributed by atoms with Gasteiger partial charge in [0.2, 0.25) is 0 Å². The Morgan fingerprint density at radius 3 is 2.31 bits per heavy atom. The van der Waals surface area contributed by atoms with Crippen LogP contribution in [0.2, 0.25) is 0 Å². The van der Waals surface area contributed by atoms with Crippen LogP contribution in [0.1, 0.15) is 16.1 Å². The van der Waals surface area contributed by atoms with E-state index in [4.69, 9.17) is 0 Å². The molecular weight excluding hydrogens is 367 g/mol. The smallest absolute Gasteiger partial charge is 0.272 e. The highest BCUT2D eigenvalue weighted by Gasteiger charge is 2.23. The summed E-state index contributed by atoms with van der Waals surface area (Å²) < 4.78 is 13.0. The third-order valence-corrected chi connectivity index (χ3v) is 5.08. The van der Waals surface area contributed by atoms with Gasteiger partial charge in [-0.1, -0.05) is 30.3 Å². The summed E-state index contributed by atoms with van der Waals surface area (Å²) in [4.78, 5) is 21.2. The predicted octanol–water partition coefficient (Wildman–Crippen LogP) is 3.80. The van der Waals surface area contributed by atoms with Gasteiger partial charge in [0.25, 0.3) is 5.91 Å². The zero-order valence-corrected chi connectivity index (χ0v) is 16.1. The van der Waals surface area contributed by atoms with E-state index < -0.39 is 0 Å². The molecule has 1 saturated heterocycles. The number of rotatable bonds is 5. The molecule has 1 aliphatic rings. The van der Waals surface area contributed by atoms with Gasteiger partial charge < -0.3 is 15.1 Å². The third kappa shape index (κ3) is 4.71. The van der Waals surface area contributed by atoms with Gasteiger partial charge in [-0.2, -0.15) is 0 Å². The number of benzene rings is 2. The summed E-state index contributed by atoms with van der Waals surface area (Å²) in [7, 11) is 0. The standard InChI is InChI=1S/C23H23FN4O/c24-19-8-6-18(7-9-19)16-25-20-10-11-22(26-17-20)23(29)28-14-12-27(13-15-28)21-4-2-1-3-5-21/h1-11,17,25H,12-16H2. The van der Waals surface area contributed by atoms with Gasteiger partial charge in [-0.3, -0.25) is 4.79 Å². The molecule has 29 heavy (non-hydrogen) atoms. The molecule has 0 spiro atoms. The fraction of sp³-hybridized carbons (Fsp3) is 0.217. The van der Waals surface area contributed by atoms with Gasteiger partial charge in [-0.05, 0) is 42.0 Å². The normalized spacial score (nSPS) is 14.0. The molecule has 1 aromatic heterocycles. The molecule has 1 aliphatic heterocycles. The van der Waals surface area contributed by atoms with Gasteiger partial charge in [0, 0.05) is 38.4 Å². The van der Waals surface area contributed by atoms with Gasteiger partial charge in [0.15, 0.2) is 0 Å². The zero-order valence-electron chi connectivity index (χ0n) is 16.1. The van der Waals surface area contributed by atoms with E-state index in [2.05, 4.69) is 27.3 Å². The Hall–Kier alpha value is -3.41. The Balaban J connectivity index is 1.31. The van der Waals surface area contributed by atoms with Crippen molar-refractivity contribution in [1.82, 2.24) is 9.88 Å². The molecule has 0 atom stereocenters. The van der Waals surface area contributed by atoms with Crippen molar-refractivity contribution in [3.05, 3.63) is 90.0 Å². The SMILES string of the molecule is O=C(c1ccc(NCc2ccc(F)cc2)cn1)N1CCN(c2ccccc2)CC1. The van der Waals surface area contributed by atoms with Crippen molar-refractivity contribution in [2.75, 3.05) is 36.4 Å². The van der Waals surface area contributed by atoms with Crippen LogP contribution in [-0.4, -0.2) is 42.0 Å². The number of hydrogen-bond acceptors (Lipinski definition) is 4. The summed E-state index contributed by atoms with van der Waals surface area (Å²) in [5, 5.41) is 3.23. The average Bonchev–Trinajstić information content (AvgIpc) is 2.79. The number of nitrogens with one attached hydrogen (secondary N) is 1. The summed E-state index contributed by atoms with van der Waals surface area (Å²) in [6, 6.07) is 20.2. The number of para-hydroxylation sites is 1. The van der Waals surface area contributed by atoms with Crippen LogP contribution in [-0.2, 0) is 6.54 Å². The van der Waals surface area contributed by atoms with Crippen LogP contribution in [0.15, 0.2) is 72.9 Å². The molecule has 3 aromatic rings. The number of halogens is 1. The number of carbonyl (C=O) groups excluding carboxylic acids is 1. The number of aromatic nitrogens is 1. The first kappa shape index (κ1) is 18.9. The van der Waals surface area contributed by atoms with Gasteiger partial charge in [0.1, 0.15) is 11.5 Å². The quantitative estimate of drug-likeness (QED) is 0.720. The Bertz CT molecular complexity index is 937. The molecule has 0 saturated carbocycles. The minimum Gasteiger partial charge on any atom is -0.380 e. The second kappa shape index (κ2) is 8.73. The third-order valence-electron chi connectivity index (χ3n) is 5.08. The zero-order chi connectivity index (χ0) is 20.1. The molecule has 0 unspecified atom stereocenters. The van der Waals surface area contributed by atoms with Crippen molar-refractivity contribution in [1.29, 1.82) is 0 Å². The number of amides is 1. The maximum absolute atomic E-state index is 13.0. The highest BCUT2D eigenvalue weighted by Crippen LogP contribution is 2.17. The lowest BCUT2D eigenvalue weighted by Crippen LogP contribution is -2.49. The lowest BCUT2D eigenvalue weighted by molar-refractivity contribution is 0.0741. The van der Waals surface area contributed by atoms with E-state index in [-0.39, 0.29) is 11.7 Å². The number of anilines is 2. The predicted molar refractivity (Wildman–Crippen MR) is 113 cm³/mol. The van der Waals surface area contributed by atoms with Gasteiger partial charge in [-0.15, -0.1) is 0 Å². The number of nitrogens with zero attached hydrogens (tertiary/aromatic N) is 3. The molecular formula is C23H23FN4O. The topological polar surface area (TPSA) is 48.5 Å². The van der Waals surface area contributed by atoms with Crippen LogP contribution in [0.3, 0.4) is 0 Å². The second-order valence-electron chi connectivity index (χ2n) is 7.03. The first-order valence-electron chi connectivity index (χ1n) is 9.73. The van der Waals surface area contributed by atoms with E-state index in [0.717, 1.165) is 24.3 Å². The van der Waals surface area contributed by atoms with Crippen molar-refractivity contribution >= 4 is 17.3 Å². The monoisotopic (exact) mass is 390 g/mol. The summed E-state index contributed by atoms with van der Waals surface area (Å²) in [6.45, 7) is 3.55. The molecule has 2 aromatic carbocycles. The number of pyridine rings is 1. The van der Waals surface area contributed by atoms with Crippen LogP contribution < -0.4 is 10.2 Å². The van der Waals surface area contributed by atoms with Gasteiger partial charge >= 0.3 is 0 Å². The number of piperazine rings is 1. The first-order chi connectivity index (χ1) is 14.2. The van der Waals surface area contributed by atoms with E-state index in [1.54, 1.807) is 24.4 Å². The molecule has 2 heterocycles. The average molecular weight is 390 g/mol. The highest BCUT2D eigenvalue weighted by atomic mass is 19.1. The molecule has 0 bridgehead atoms. The van der Waals surface area contributed by atoms with Crippen molar-refractivity contribution in [3.8, 4) is 0 Å². The lowest BCUT2D eigenvalue weighted by atomic mass is 10.2. The van der Waals surface area contributed by atoms with E-state index in [1.165, 1.54) is 17.8 Å². The highest BCUT2D eigenvalue weighted by molar-refractivity contribution is 5.92.